The van der Waals surface area contributed by atoms with E-state index in [4.69, 9.17) is 4.74 Å². The number of nitrogens with one attached hydrogen (secondary N) is 1. The van der Waals surface area contributed by atoms with Gasteiger partial charge in [0.25, 0.3) is 5.56 Å². The van der Waals surface area contributed by atoms with Crippen LogP contribution in [0, 0.1) is 0 Å². The molecule has 8 nitrogen and oxygen atoms in total. The number of carbonyl (C=O) groups excluding carboxylic acids is 1. The van der Waals surface area contributed by atoms with Gasteiger partial charge in [-0.15, -0.1) is 0 Å². The van der Waals surface area contributed by atoms with Gasteiger partial charge in [0, 0.05) is 7.05 Å². The molecule has 20 heavy (non-hydrogen) atoms. The molecule has 2 aromatic rings. The summed E-state index contributed by atoms with van der Waals surface area (Å²) < 4.78 is 7.15. The third kappa shape index (κ3) is 2.49. The first-order valence-corrected chi connectivity index (χ1v) is 6.05. The summed E-state index contributed by atoms with van der Waals surface area (Å²) in [5, 5.41) is 0. The maximum Gasteiger partial charge on any atom is 0.333 e. The number of imidazole rings is 1. The number of fused-ring (bicyclic) bond motifs is 1. The van der Waals surface area contributed by atoms with Crippen LogP contribution < -0.4 is 11.2 Å². The number of ether oxygens (including phenoxy) is 1. The van der Waals surface area contributed by atoms with Gasteiger partial charge in [0.15, 0.2) is 5.65 Å². The van der Waals surface area contributed by atoms with Crippen molar-refractivity contribution in [2.45, 2.75) is 32.9 Å². The van der Waals surface area contributed by atoms with Crippen molar-refractivity contribution in [2.24, 2.45) is 7.05 Å². The van der Waals surface area contributed by atoms with E-state index in [2.05, 4.69) is 9.97 Å². The van der Waals surface area contributed by atoms with E-state index in [-0.39, 0.29) is 11.2 Å². The predicted molar refractivity (Wildman–Crippen MR) is 71.4 cm³/mol. The molecular formula is C12H16N4O4. The molecule has 0 spiro atoms. The zero-order chi connectivity index (χ0) is 15.1. The Morgan fingerprint density at radius 1 is 1.40 bits per heavy atom. The van der Waals surface area contributed by atoms with E-state index in [0.29, 0.717) is 0 Å². The van der Waals surface area contributed by atoms with E-state index in [9.17, 15) is 14.4 Å². The summed E-state index contributed by atoms with van der Waals surface area (Å²) in [6.07, 6.45) is 1.32. The maximum absolute atomic E-state index is 12.1. The largest absolute Gasteiger partial charge is 0.459 e. The topological polar surface area (TPSA) is 99.0 Å². The standard InChI is InChI=1S/C12H16N4O4/c1-12(2,3)20-7(17)5-16-10(18)8-9(14-6-13-8)15(4)11(16)19/h6H,5H2,1-4H3,(H,13,14). The molecule has 0 aliphatic rings. The number of esters is 1. The summed E-state index contributed by atoms with van der Waals surface area (Å²) >= 11 is 0. The first-order valence-electron chi connectivity index (χ1n) is 6.05. The molecule has 0 atom stereocenters. The van der Waals surface area contributed by atoms with Crippen LogP contribution in [0.15, 0.2) is 15.9 Å². The van der Waals surface area contributed by atoms with Gasteiger partial charge in [0.2, 0.25) is 0 Å². The molecule has 2 heterocycles. The van der Waals surface area contributed by atoms with Gasteiger partial charge in [-0.1, -0.05) is 0 Å². The fourth-order valence-electron chi connectivity index (χ4n) is 1.83. The van der Waals surface area contributed by atoms with Gasteiger partial charge in [0.1, 0.15) is 17.7 Å². The molecule has 0 unspecified atom stereocenters. The monoisotopic (exact) mass is 280 g/mol. The lowest BCUT2D eigenvalue weighted by Gasteiger charge is -2.19. The van der Waals surface area contributed by atoms with Crippen molar-refractivity contribution >= 4 is 17.1 Å². The summed E-state index contributed by atoms with van der Waals surface area (Å²) in [5.74, 6) is -0.643. The van der Waals surface area contributed by atoms with Crippen LogP contribution in [-0.4, -0.2) is 30.7 Å². The van der Waals surface area contributed by atoms with E-state index >= 15 is 0 Å². The molecule has 8 heteroatoms. The van der Waals surface area contributed by atoms with E-state index in [1.165, 1.54) is 17.9 Å². The number of aryl methyl sites for hydroxylation is 1. The molecule has 0 aliphatic heterocycles. The number of aromatic amines is 1. The quantitative estimate of drug-likeness (QED) is 0.766. The van der Waals surface area contributed by atoms with Gasteiger partial charge in [-0.3, -0.25) is 14.2 Å². The van der Waals surface area contributed by atoms with Crippen molar-refractivity contribution in [3.05, 3.63) is 27.2 Å². The van der Waals surface area contributed by atoms with Crippen molar-refractivity contribution in [2.75, 3.05) is 0 Å². The fourth-order valence-corrected chi connectivity index (χ4v) is 1.83. The fraction of sp³-hybridized carbons (Fsp3) is 0.500. The molecule has 0 bridgehead atoms. The number of hydrogen-bond acceptors (Lipinski definition) is 5. The van der Waals surface area contributed by atoms with Gasteiger partial charge in [0.05, 0.1) is 6.33 Å². The van der Waals surface area contributed by atoms with E-state index in [1.807, 2.05) is 0 Å². The van der Waals surface area contributed by atoms with Gasteiger partial charge < -0.3 is 9.72 Å². The van der Waals surface area contributed by atoms with Crippen LogP contribution in [0.1, 0.15) is 20.8 Å². The SMILES string of the molecule is Cn1c(=O)n(CC(=O)OC(C)(C)C)c(=O)c2[nH]cnc21. The van der Waals surface area contributed by atoms with Crippen LogP contribution in [-0.2, 0) is 23.1 Å². The number of rotatable bonds is 2. The number of H-pyrrole nitrogens is 1. The summed E-state index contributed by atoms with van der Waals surface area (Å²) in [6.45, 7) is 4.70. The van der Waals surface area contributed by atoms with E-state index in [1.54, 1.807) is 20.8 Å². The van der Waals surface area contributed by atoms with Crippen LogP contribution in [0.4, 0.5) is 0 Å². The first-order chi connectivity index (χ1) is 9.20. The number of nitrogens with zero attached hydrogens (tertiary/aromatic N) is 3. The molecule has 0 radical (unpaired) electrons. The van der Waals surface area contributed by atoms with Gasteiger partial charge in [-0.25, -0.2) is 14.3 Å². The van der Waals surface area contributed by atoms with E-state index in [0.717, 1.165) is 4.57 Å². The minimum absolute atomic E-state index is 0.177. The highest BCUT2D eigenvalue weighted by atomic mass is 16.6. The molecule has 0 amide bonds. The van der Waals surface area contributed by atoms with Crippen LogP contribution >= 0.6 is 0 Å². The Labute approximate surface area is 114 Å². The molecule has 0 aliphatic carbocycles. The van der Waals surface area contributed by atoms with Crippen molar-refractivity contribution in [3.63, 3.8) is 0 Å². The lowest BCUT2D eigenvalue weighted by Crippen LogP contribution is -2.42. The third-order valence-corrected chi connectivity index (χ3v) is 2.62. The van der Waals surface area contributed by atoms with E-state index < -0.39 is 29.4 Å². The first kappa shape index (κ1) is 14.0. The van der Waals surface area contributed by atoms with Gasteiger partial charge >= 0.3 is 11.7 Å². The zero-order valence-electron chi connectivity index (χ0n) is 11.8. The highest BCUT2D eigenvalue weighted by molar-refractivity contribution is 5.71. The van der Waals surface area contributed by atoms with Gasteiger partial charge in [-0.2, -0.15) is 0 Å². The Kier molecular flexibility index (Phi) is 3.24. The Morgan fingerprint density at radius 2 is 2.05 bits per heavy atom. The second-order valence-corrected chi connectivity index (χ2v) is 5.42. The minimum Gasteiger partial charge on any atom is -0.459 e. The number of aromatic nitrogens is 4. The average molecular weight is 280 g/mol. The molecule has 0 aromatic carbocycles. The third-order valence-electron chi connectivity index (χ3n) is 2.62. The Hall–Kier alpha value is -2.38. The van der Waals surface area contributed by atoms with Crippen molar-refractivity contribution < 1.29 is 9.53 Å². The molecule has 108 valence electrons. The average Bonchev–Trinajstić information content (AvgIpc) is 2.79. The Morgan fingerprint density at radius 3 is 2.65 bits per heavy atom. The molecule has 0 saturated carbocycles. The summed E-state index contributed by atoms with van der Waals surface area (Å²) in [7, 11) is 1.48. The molecule has 0 saturated heterocycles. The smallest absolute Gasteiger partial charge is 0.333 e. The zero-order valence-corrected chi connectivity index (χ0v) is 11.8. The summed E-state index contributed by atoms with van der Waals surface area (Å²) in [5.41, 5.74) is -1.45. The molecule has 0 fully saturated rings. The maximum atomic E-state index is 12.1. The van der Waals surface area contributed by atoms with Crippen molar-refractivity contribution in [1.82, 2.24) is 19.1 Å². The highest BCUT2D eigenvalue weighted by Gasteiger charge is 2.20. The molecule has 1 N–H and O–H groups in total. The lowest BCUT2D eigenvalue weighted by molar-refractivity contribution is -0.155. The predicted octanol–water partition coefficient (Wildman–Crippen LogP) is -0.235. The second kappa shape index (κ2) is 4.62. The van der Waals surface area contributed by atoms with Crippen LogP contribution in [0.25, 0.3) is 11.2 Å². The molecule has 2 rings (SSSR count). The molecule has 2 aromatic heterocycles. The van der Waals surface area contributed by atoms with Crippen molar-refractivity contribution in [3.8, 4) is 0 Å². The van der Waals surface area contributed by atoms with Crippen LogP contribution in [0.3, 0.4) is 0 Å². The summed E-state index contributed by atoms with van der Waals surface area (Å²) in [6, 6.07) is 0. The highest BCUT2D eigenvalue weighted by Crippen LogP contribution is 2.07. The number of carbonyl (C=O) groups is 1. The number of hydrogen-bond donors (Lipinski definition) is 1. The lowest BCUT2D eigenvalue weighted by atomic mass is 10.2. The van der Waals surface area contributed by atoms with Crippen molar-refractivity contribution in [1.29, 1.82) is 0 Å². The van der Waals surface area contributed by atoms with Gasteiger partial charge in [-0.05, 0) is 20.8 Å². The Bertz CT molecular complexity index is 775. The molecular weight excluding hydrogens is 264 g/mol. The minimum atomic E-state index is -0.677. The summed E-state index contributed by atoms with van der Waals surface area (Å²) in [4.78, 5) is 42.5. The van der Waals surface area contributed by atoms with Crippen LogP contribution in [0.5, 0.6) is 0 Å². The normalized spacial score (nSPS) is 11.8. The Balaban J connectivity index is 2.48. The second-order valence-electron chi connectivity index (χ2n) is 5.42. The van der Waals surface area contributed by atoms with Crippen LogP contribution in [0.2, 0.25) is 0 Å².